The van der Waals surface area contributed by atoms with Crippen molar-refractivity contribution >= 4 is 31.6 Å². The van der Waals surface area contributed by atoms with Gasteiger partial charge in [0.25, 0.3) is 0 Å². The van der Waals surface area contributed by atoms with E-state index in [1.807, 2.05) is 27.0 Å². The highest BCUT2D eigenvalue weighted by Crippen LogP contribution is 2.45. The van der Waals surface area contributed by atoms with E-state index >= 15 is 0 Å². The van der Waals surface area contributed by atoms with Gasteiger partial charge in [-0.1, -0.05) is 27.2 Å². The van der Waals surface area contributed by atoms with Gasteiger partial charge in [0.15, 0.2) is 14.1 Å². The highest BCUT2D eigenvalue weighted by Gasteiger charge is 2.45. The molecule has 1 aliphatic rings. The molecule has 3 heterocycles. The van der Waals surface area contributed by atoms with E-state index in [1.165, 1.54) is 22.3 Å². The van der Waals surface area contributed by atoms with Crippen molar-refractivity contribution in [1.29, 1.82) is 0 Å². The smallest absolute Gasteiger partial charge is 0.416 e. The molecule has 0 N–H and O–H groups in total. The van der Waals surface area contributed by atoms with Gasteiger partial charge in [-0.3, -0.25) is 9.88 Å². The lowest BCUT2D eigenvalue weighted by Gasteiger charge is -2.44. The summed E-state index contributed by atoms with van der Waals surface area (Å²) in [5.74, 6) is -0.0384. The molecule has 4 rings (SSSR count). The van der Waals surface area contributed by atoms with E-state index in [2.05, 4.69) is 54.0 Å². The second-order valence-electron chi connectivity index (χ2n) is 13.0. The molecule has 1 aliphatic carbocycles. The number of carbonyl (C=O) groups excluding carboxylic acids is 1. The van der Waals surface area contributed by atoms with Gasteiger partial charge in [-0.2, -0.15) is 0 Å². The summed E-state index contributed by atoms with van der Waals surface area (Å²) >= 11 is 1.52. The van der Waals surface area contributed by atoms with Gasteiger partial charge in [-0.25, -0.2) is 14.2 Å². The molecule has 3 aromatic heterocycles. The van der Waals surface area contributed by atoms with E-state index in [4.69, 9.17) is 9.16 Å². The van der Waals surface area contributed by atoms with Crippen LogP contribution in [0.3, 0.4) is 0 Å². The Hall–Kier alpha value is -2.76. The Kier molecular flexibility index (Phi) is 8.50. The second-order valence-corrected chi connectivity index (χ2v) is 18.9. The molecule has 1 amide bonds. The molecule has 0 aromatic carbocycles. The largest absolute Gasteiger partial charge is 0.443 e. The molecule has 0 aliphatic heterocycles. The molecule has 0 unspecified atom stereocenters. The molecule has 3 aromatic rings. The zero-order chi connectivity index (χ0) is 29.3. The Labute approximate surface area is 241 Å². The van der Waals surface area contributed by atoms with Crippen LogP contribution in [0.1, 0.15) is 71.4 Å². The first kappa shape index (κ1) is 30.2. The summed E-state index contributed by atoms with van der Waals surface area (Å²) in [4.78, 5) is 24.7. The Morgan fingerprint density at radius 3 is 2.38 bits per heavy atom. The number of rotatable bonds is 8. The first-order valence-corrected chi connectivity index (χ1v) is 17.4. The summed E-state index contributed by atoms with van der Waals surface area (Å²) in [7, 11) is -1.88. The maximum atomic E-state index is 14.8. The zero-order valence-corrected chi connectivity index (χ0v) is 26.6. The average molecular weight is 586 g/mol. The minimum atomic E-state index is -1.88. The summed E-state index contributed by atoms with van der Waals surface area (Å²) < 4.78 is 26.9. The van der Waals surface area contributed by atoms with Crippen LogP contribution in [0.15, 0.2) is 36.7 Å². The molecular formula is C29H40FN5O3SSi. The van der Waals surface area contributed by atoms with Crippen LogP contribution in [0.4, 0.5) is 15.0 Å². The second kappa shape index (κ2) is 11.3. The van der Waals surface area contributed by atoms with Gasteiger partial charge in [0.2, 0.25) is 0 Å². The quantitative estimate of drug-likeness (QED) is 0.253. The standard InChI is InChI=1S/C29H40FN5O3SSi/c1-27(2,3)38-26(36)35(19-29(14-10-15-29)24-21(30)11-9-16-31-24)23-13-12-22(33-34-23)25-32-17-20(39-25)18-37-40(7,8)28(4,5)6/h9,11-13,16-17H,10,14-15,18-19H2,1-8H3. The van der Waals surface area contributed by atoms with E-state index in [0.717, 1.165) is 16.3 Å². The summed E-state index contributed by atoms with van der Waals surface area (Å²) in [5, 5.41) is 9.65. The third kappa shape index (κ3) is 6.75. The van der Waals surface area contributed by atoms with Crippen molar-refractivity contribution in [1.82, 2.24) is 20.2 Å². The van der Waals surface area contributed by atoms with Crippen molar-refractivity contribution in [2.75, 3.05) is 11.4 Å². The van der Waals surface area contributed by atoms with E-state index in [9.17, 15) is 9.18 Å². The normalized spacial score (nSPS) is 15.4. The van der Waals surface area contributed by atoms with Crippen LogP contribution < -0.4 is 4.90 Å². The third-order valence-corrected chi connectivity index (χ3v) is 13.2. The van der Waals surface area contributed by atoms with Crippen molar-refractivity contribution in [2.24, 2.45) is 0 Å². The lowest BCUT2D eigenvalue weighted by atomic mass is 9.66. The Morgan fingerprint density at radius 1 is 1.10 bits per heavy atom. The Balaban J connectivity index is 1.56. The lowest BCUT2D eigenvalue weighted by Crippen LogP contribution is -2.50. The number of hydrogen-bond acceptors (Lipinski definition) is 8. The van der Waals surface area contributed by atoms with Crippen LogP contribution >= 0.6 is 11.3 Å². The van der Waals surface area contributed by atoms with E-state index in [0.29, 0.717) is 36.7 Å². The number of carbonyl (C=O) groups is 1. The van der Waals surface area contributed by atoms with Crippen molar-refractivity contribution < 1.29 is 18.3 Å². The highest BCUT2D eigenvalue weighted by atomic mass is 32.1. The molecule has 1 saturated carbocycles. The van der Waals surface area contributed by atoms with Gasteiger partial charge in [0, 0.05) is 29.2 Å². The van der Waals surface area contributed by atoms with Crippen molar-refractivity contribution in [3.63, 3.8) is 0 Å². The maximum Gasteiger partial charge on any atom is 0.416 e. The number of halogens is 1. The van der Waals surface area contributed by atoms with Crippen LogP contribution in [0.25, 0.3) is 10.7 Å². The van der Waals surface area contributed by atoms with E-state index < -0.39 is 25.4 Å². The first-order chi connectivity index (χ1) is 18.6. The summed E-state index contributed by atoms with van der Waals surface area (Å²) in [6.45, 7) is 17.2. The Morgan fingerprint density at radius 2 is 1.82 bits per heavy atom. The minimum Gasteiger partial charge on any atom is -0.443 e. The summed E-state index contributed by atoms with van der Waals surface area (Å²) in [5.41, 5.74) is -0.355. The van der Waals surface area contributed by atoms with Gasteiger partial charge in [-0.15, -0.1) is 21.5 Å². The molecule has 0 atom stereocenters. The van der Waals surface area contributed by atoms with Crippen LogP contribution in [-0.2, 0) is 21.2 Å². The maximum absolute atomic E-state index is 14.8. The number of hydrogen-bond donors (Lipinski definition) is 0. The van der Waals surface area contributed by atoms with Gasteiger partial charge in [0.1, 0.15) is 22.1 Å². The molecule has 11 heteroatoms. The first-order valence-electron chi connectivity index (χ1n) is 13.6. The fraction of sp³-hybridized carbons (Fsp3) is 0.552. The number of thiazole rings is 1. The SMILES string of the molecule is CC(C)(C)OC(=O)N(CC1(c2ncccc2F)CCC1)c1ccc(-c2ncc(CO[Si](C)(C)C(C)(C)C)s2)nn1. The van der Waals surface area contributed by atoms with Crippen LogP contribution in [-0.4, -0.2) is 46.7 Å². The highest BCUT2D eigenvalue weighted by molar-refractivity contribution is 7.15. The molecule has 0 radical (unpaired) electrons. The van der Waals surface area contributed by atoms with Crippen molar-refractivity contribution in [2.45, 2.75) is 96.6 Å². The van der Waals surface area contributed by atoms with Gasteiger partial charge in [0.05, 0.1) is 12.3 Å². The molecule has 216 valence electrons. The van der Waals surface area contributed by atoms with Crippen molar-refractivity contribution in [3.8, 4) is 10.7 Å². The van der Waals surface area contributed by atoms with E-state index in [-0.39, 0.29) is 17.4 Å². The number of aromatic nitrogens is 4. The molecule has 40 heavy (non-hydrogen) atoms. The molecule has 0 saturated heterocycles. The topological polar surface area (TPSA) is 90.3 Å². The molecular weight excluding hydrogens is 546 g/mol. The zero-order valence-electron chi connectivity index (χ0n) is 24.7. The number of pyridine rings is 1. The summed E-state index contributed by atoms with van der Waals surface area (Å²) in [6.07, 6.45) is 5.20. The van der Waals surface area contributed by atoms with Crippen molar-refractivity contribution in [3.05, 3.63) is 53.0 Å². The fourth-order valence-corrected chi connectivity index (χ4v) is 6.10. The van der Waals surface area contributed by atoms with Gasteiger partial charge >= 0.3 is 6.09 Å². The number of anilines is 1. The molecule has 1 fully saturated rings. The predicted molar refractivity (Wildman–Crippen MR) is 158 cm³/mol. The predicted octanol–water partition coefficient (Wildman–Crippen LogP) is 7.52. The molecule has 0 spiro atoms. The summed E-state index contributed by atoms with van der Waals surface area (Å²) in [6, 6.07) is 6.52. The average Bonchev–Trinajstić information content (AvgIpc) is 3.31. The Bertz CT molecular complexity index is 1330. The van der Waals surface area contributed by atoms with Gasteiger partial charge < -0.3 is 9.16 Å². The van der Waals surface area contributed by atoms with E-state index in [1.54, 1.807) is 24.4 Å². The van der Waals surface area contributed by atoms with Crippen LogP contribution in [0, 0.1) is 5.82 Å². The fourth-order valence-electron chi connectivity index (χ4n) is 4.25. The molecule has 8 nitrogen and oxygen atoms in total. The minimum absolute atomic E-state index is 0.127. The number of ether oxygens (including phenoxy) is 1. The lowest BCUT2D eigenvalue weighted by molar-refractivity contribution is 0.0557. The number of nitrogens with zero attached hydrogens (tertiary/aromatic N) is 5. The monoisotopic (exact) mass is 585 g/mol. The van der Waals surface area contributed by atoms with Crippen LogP contribution in [0.5, 0.6) is 0 Å². The molecule has 0 bridgehead atoms. The van der Waals surface area contributed by atoms with Crippen LogP contribution in [0.2, 0.25) is 18.1 Å². The third-order valence-electron chi connectivity index (χ3n) is 7.73. The number of amides is 1. The van der Waals surface area contributed by atoms with Gasteiger partial charge in [-0.05, 0) is 76.0 Å².